The van der Waals surface area contributed by atoms with Gasteiger partial charge in [0.25, 0.3) is 5.91 Å². The zero-order valence-corrected chi connectivity index (χ0v) is 14.3. The summed E-state index contributed by atoms with van der Waals surface area (Å²) < 4.78 is 6.12. The number of benzene rings is 1. The molecule has 0 spiro atoms. The molecule has 1 fully saturated rings. The van der Waals surface area contributed by atoms with Gasteiger partial charge in [0.05, 0.1) is 6.10 Å². The smallest absolute Gasteiger partial charge is 0.253 e. The van der Waals surface area contributed by atoms with Crippen molar-refractivity contribution in [1.82, 2.24) is 5.32 Å². The Labute approximate surface area is 139 Å². The Balaban J connectivity index is 2.02. The fourth-order valence-corrected chi connectivity index (χ4v) is 2.95. The summed E-state index contributed by atoms with van der Waals surface area (Å²) in [5.41, 5.74) is 0.774. The SMILES string of the molecule is CC(C)(CCO)CNC(=O)C(OC1CCCC1)c1ccccc1. The third-order valence-corrected chi connectivity index (χ3v) is 4.50. The van der Waals surface area contributed by atoms with Crippen molar-refractivity contribution in [2.75, 3.05) is 13.2 Å². The van der Waals surface area contributed by atoms with Gasteiger partial charge in [0.15, 0.2) is 6.10 Å². The number of hydrogen-bond acceptors (Lipinski definition) is 3. The lowest BCUT2D eigenvalue weighted by molar-refractivity contribution is -0.137. The number of ether oxygens (including phenoxy) is 1. The highest BCUT2D eigenvalue weighted by atomic mass is 16.5. The monoisotopic (exact) mass is 319 g/mol. The second kappa shape index (κ2) is 8.46. The van der Waals surface area contributed by atoms with Gasteiger partial charge in [0.1, 0.15) is 0 Å². The molecule has 0 bridgehead atoms. The average Bonchev–Trinajstić information content (AvgIpc) is 3.04. The van der Waals surface area contributed by atoms with Crippen LogP contribution in [0, 0.1) is 5.41 Å². The van der Waals surface area contributed by atoms with Gasteiger partial charge in [-0.25, -0.2) is 0 Å². The van der Waals surface area contributed by atoms with Crippen LogP contribution in [0.5, 0.6) is 0 Å². The minimum absolute atomic E-state index is 0.0888. The van der Waals surface area contributed by atoms with E-state index in [1.807, 2.05) is 44.2 Å². The van der Waals surface area contributed by atoms with E-state index in [1.54, 1.807) is 0 Å². The maximum absolute atomic E-state index is 12.7. The molecule has 0 aliphatic heterocycles. The van der Waals surface area contributed by atoms with Crippen LogP contribution < -0.4 is 5.32 Å². The molecule has 1 aliphatic carbocycles. The van der Waals surface area contributed by atoms with E-state index in [-0.39, 0.29) is 24.0 Å². The highest BCUT2D eigenvalue weighted by Crippen LogP contribution is 2.28. The standard InChI is InChI=1S/C19H29NO3/c1-19(2,12-13-21)14-20-18(22)17(15-8-4-3-5-9-15)23-16-10-6-7-11-16/h3-5,8-9,16-17,21H,6-7,10-14H2,1-2H3,(H,20,22). The van der Waals surface area contributed by atoms with E-state index in [9.17, 15) is 4.79 Å². The molecule has 0 aromatic heterocycles. The Morgan fingerprint density at radius 2 is 1.96 bits per heavy atom. The Morgan fingerprint density at radius 3 is 2.57 bits per heavy atom. The first-order chi connectivity index (χ1) is 11.0. The predicted octanol–water partition coefficient (Wildman–Crippen LogP) is 3.21. The second-order valence-corrected chi connectivity index (χ2v) is 7.19. The summed E-state index contributed by atoms with van der Waals surface area (Å²) >= 11 is 0. The van der Waals surface area contributed by atoms with Crippen molar-refractivity contribution in [3.05, 3.63) is 35.9 Å². The topological polar surface area (TPSA) is 58.6 Å². The van der Waals surface area contributed by atoms with Gasteiger partial charge in [-0.15, -0.1) is 0 Å². The summed E-state index contributed by atoms with van der Waals surface area (Å²) in [6.07, 6.45) is 4.71. The Kier molecular flexibility index (Phi) is 6.60. The zero-order chi connectivity index (χ0) is 16.7. The van der Waals surface area contributed by atoms with Crippen LogP contribution in [0.15, 0.2) is 30.3 Å². The number of carbonyl (C=O) groups excluding carboxylic acids is 1. The fourth-order valence-electron chi connectivity index (χ4n) is 2.95. The fraction of sp³-hybridized carbons (Fsp3) is 0.632. The van der Waals surface area contributed by atoms with E-state index in [0.717, 1.165) is 18.4 Å². The summed E-state index contributed by atoms with van der Waals surface area (Å²) in [6.45, 7) is 4.74. The molecule has 1 saturated carbocycles. The van der Waals surface area contributed by atoms with Gasteiger partial charge in [-0.1, -0.05) is 57.0 Å². The third-order valence-electron chi connectivity index (χ3n) is 4.50. The number of amides is 1. The summed E-state index contributed by atoms with van der Waals surface area (Å²) in [5.74, 6) is -0.0888. The molecule has 128 valence electrons. The summed E-state index contributed by atoms with van der Waals surface area (Å²) in [4.78, 5) is 12.7. The largest absolute Gasteiger partial charge is 0.396 e. The normalized spacial score (nSPS) is 17.2. The van der Waals surface area contributed by atoms with Gasteiger partial charge in [0, 0.05) is 13.2 Å². The van der Waals surface area contributed by atoms with Crippen LogP contribution in [-0.4, -0.2) is 30.3 Å². The molecule has 1 unspecified atom stereocenters. The number of aliphatic hydroxyl groups excluding tert-OH is 1. The maximum atomic E-state index is 12.7. The average molecular weight is 319 g/mol. The molecule has 0 saturated heterocycles. The lowest BCUT2D eigenvalue weighted by Crippen LogP contribution is -2.38. The minimum atomic E-state index is -0.552. The van der Waals surface area contributed by atoms with Crippen molar-refractivity contribution >= 4 is 5.91 Å². The first-order valence-corrected chi connectivity index (χ1v) is 8.61. The molecule has 2 N–H and O–H groups in total. The van der Waals surface area contributed by atoms with Crippen molar-refractivity contribution in [2.24, 2.45) is 5.41 Å². The van der Waals surface area contributed by atoms with E-state index < -0.39 is 6.10 Å². The van der Waals surface area contributed by atoms with E-state index in [4.69, 9.17) is 9.84 Å². The van der Waals surface area contributed by atoms with Gasteiger partial charge >= 0.3 is 0 Å². The molecule has 2 rings (SSSR count). The highest BCUT2D eigenvalue weighted by Gasteiger charge is 2.28. The molecule has 1 atom stereocenters. The predicted molar refractivity (Wildman–Crippen MR) is 91.0 cm³/mol. The van der Waals surface area contributed by atoms with Crippen LogP contribution >= 0.6 is 0 Å². The molecule has 1 aromatic rings. The first-order valence-electron chi connectivity index (χ1n) is 8.61. The first kappa shape index (κ1) is 18.0. The number of rotatable bonds is 8. The number of nitrogens with one attached hydrogen (secondary N) is 1. The van der Waals surface area contributed by atoms with Gasteiger partial charge in [-0.2, -0.15) is 0 Å². The molecular formula is C19H29NO3. The van der Waals surface area contributed by atoms with Crippen LogP contribution in [0.4, 0.5) is 0 Å². The zero-order valence-electron chi connectivity index (χ0n) is 14.3. The molecule has 1 amide bonds. The van der Waals surface area contributed by atoms with Gasteiger partial charge in [-0.05, 0) is 30.2 Å². The lowest BCUT2D eigenvalue weighted by Gasteiger charge is -2.27. The Bertz CT molecular complexity index is 481. The van der Waals surface area contributed by atoms with Crippen LogP contribution in [0.2, 0.25) is 0 Å². The van der Waals surface area contributed by atoms with Gasteiger partial charge < -0.3 is 15.2 Å². The molecule has 1 aliphatic rings. The quantitative estimate of drug-likeness (QED) is 0.773. The molecule has 0 radical (unpaired) electrons. The Morgan fingerprint density at radius 1 is 1.30 bits per heavy atom. The van der Waals surface area contributed by atoms with Crippen LogP contribution in [0.1, 0.15) is 57.6 Å². The number of aliphatic hydroxyl groups is 1. The summed E-state index contributed by atoms with van der Waals surface area (Å²) in [7, 11) is 0. The van der Waals surface area contributed by atoms with E-state index in [0.29, 0.717) is 13.0 Å². The molecule has 0 heterocycles. The van der Waals surface area contributed by atoms with Crippen molar-refractivity contribution < 1.29 is 14.6 Å². The van der Waals surface area contributed by atoms with E-state index in [2.05, 4.69) is 5.32 Å². The number of hydrogen-bond donors (Lipinski definition) is 2. The van der Waals surface area contributed by atoms with Gasteiger partial charge in [0.2, 0.25) is 0 Å². The van der Waals surface area contributed by atoms with Crippen LogP contribution in [0.3, 0.4) is 0 Å². The Hall–Kier alpha value is -1.39. The molecule has 4 nitrogen and oxygen atoms in total. The van der Waals surface area contributed by atoms with Gasteiger partial charge in [-0.3, -0.25) is 4.79 Å². The molecule has 23 heavy (non-hydrogen) atoms. The third kappa shape index (κ3) is 5.63. The molecular weight excluding hydrogens is 290 g/mol. The van der Waals surface area contributed by atoms with Crippen LogP contribution in [0.25, 0.3) is 0 Å². The molecule has 4 heteroatoms. The van der Waals surface area contributed by atoms with Crippen molar-refractivity contribution in [3.63, 3.8) is 0 Å². The number of carbonyl (C=O) groups is 1. The summed E-state index contributed by atoms with van der Waals surface area (Å²) in [6, 6.07) is 9.70. The maximum Gasteiger partial charge on any atom is 0.253 e. The summed E-state index contributed by atoms with van der Waals surface area (Å²) in [5, 5.41) is 12.1. The van der Waals surface area contributed by atoms with Crippen LogP contribution in [-0.2, 0) is 9.53 Å². The van der Waals surface area contributed by atoms with Crippen molar-refractivity contribution in [1.29, 1.82) is 0 Å². The molecule has 1 aromatic carbocycles. The van der Waals surface area contributed by atoms with E-state index >= 15 is 0 Å². The van der Waals surface area contributed by atoms with Crippen molar-refractivity contribution in [2.45, 2.75) is 58.2 Å². The second-order valence-electron chi connectivity index (χ2n) is 7.19. The minimum Gasteiger partial charge on any atom is -0.396 e. The lowest BCUT2D eigenvalue weighted by atomic mass is 9.89. The highest BCUT2D eigenvalue weighted by molar-refractivity contribution is 5.82. The van der Waals surface area contributed by atoms with E-state index in [1.165, 1.54) is 12.8 Å². The van der Waals surface area contributed by atoms with Crippen molar-refractivity contribution in [3.8, 4) is 0 Å².